The molecule has 1 aromatic heterocycles. The van der Waals surface area contributed by atoms with Gasteiger partial charge in [0.2, 0.25) is 11.8 Å². The Bertz CT molecular complexity index is 512. The quantitative estimate of drug-likeness (QED) is 0.881. The standard InChI is InChI=1S/C15H24N4O2/c1-5-15(4)14(21)17-12(11(2)3)13(20)19(15)10-9-18-8-6-7-16-18/h6-8,11-12H,5,9-10H2,1-4H3,(H,17,21). The molecule has 1 fully saturated rings. The van der Waals surface area contributed by atoms with Gasteiger partial charge < -0.3 is 10.2 Å². The molecule has 1 saturated heterocycles. The molecule has 2 atom stereocenters. The normalized spacial score (nSPS) is 26.3. The van der Waals surface area contributed by atoms with E-state index in [2.05, 4.69) is 10.4 Å². The highest BCUT2D eigenvalue weighted by molar-refractivity contribution is 5.99. The van der Waals surface area contributed by atoms with Gasteiger partial charge in [0.25, 0.3) is 0 Å². The van der Waals surface area contributed by atoms with Gasteiger partial charge in [-0.1, -0.05) is 20.8 Å². The van der Waals surface area contributed by atoms with Crippen LogP contribution in [0.2, 0.25) is 0 Å². The molecule has 6 heteroatoms. The zero-order valence-electron chi connectivity index (χ0n) is 13.2. The minimum Gasteiger partial charge on any atom is -0.342 e. The molecule has 2 heterocycles. The Kier molecular flexibility index (Phi) is 4.34. The molecule has 2 rings (SSSR count). The summed E-state index contributed by atoms with van der Waals surface area (Å²) in [5.74, 6) is 0.0138. The summed E-state index contributed by atoms with van der Waals surface area (Å²) in [6, 6.07) is 1.41. The van der Waals surface area contributed by atoms with Crippen molar-refractivity contribution in [2.45, 2.75) is 52.2 Å². The van der Waals surface area contributed by atoms with Gasteiger partial charge in [-0.05, 0) is 25.3 Å². The van der Waals surface area contributed by atoms with Gasteiger partial charge in [0.1, 0.15) is 11.6 Å². The van der Waals surface area contributed by atoms with Gasteiger partial charge in [0, 0.05) is 18.9 Å². The molecule has 0 spiro atoms. The van der Waals surface area contributed by atoms with Crippen LogP contribution in [0.3, 0.4) is 0 Å². The van der Waals surface area contributed by atoms with Gasteiger partial charge in [0.05, 0.1) is 6.54 Å². The highest BCUT2D eigenvalue weighted by Gasteiger charge is 2.48. The van der Waals surface area contributed by atoms with Crippen LogP contribution in [0.1, 0.15) is 34.1 Å². The van der Waals surface area contributed by atoms with E-state index in [0.29, 0.717) is 19.5 Å². The Morgan fingerprint density at radius 1 is 1.38 bits per heavy atom. The average Bonchev–Trinajstić information content (AvgIpc) is 2.95. The lowest BCUT2D eigenvalue weighted by Crippen LogP contribution is -2.70. The van der Waals surface area contributed by atoms with Crippen LogP contribution in [0.4, 0.5) is 0 Å². The van der Waals surface area contributed by atoms with E-state index >= 15 is 0 Å². The molecule has 116 valence electrons. The number of carbonyl (C=O) groups is 2. The number of carbonyl (C=O) groups excluding carboxylic acids is 2. The molecular weight excluding hydrogens is 268 g/mol. The van der Waals surface area contributed by atoms with Crippen LogP contribution in [0.5, 0.6) is 0 Å². The van der Waals surface area contributed by atoms with Crippen LogP contribution < -0.4 is 5.32 Å². The second-order valence-electron chi connectivity index (χ2n) is 6.08. The first-order valence-electron chi connectivity index (χ1n) is 7.50. The lowest BCUT2D eigenvalue weighted by molar-refractivity contribution is -0.158. The van der Waals surface area contributed by atoms with Crippen molar-refractivity contribution in [2.75, 3.05) is 6.54 Å². The second-order valence-corrected chi connectivity index (χ2v) is 6.08. The van der Waals surface area contributed by atoms with E-state index in [-0.39, 0.29) is 17.7 Å². The van der Waals surface area contributed by atoms with Gasteiger partial charge in [-0.3, -0.25) is 14.3 Å². The summed E-state index contributed by atoms with van der Waals surface area (Å²) in [6.07, 6.45) is 4.16. The van der Waals surface area contributed by atoms with E-state index in [9.17, 15) is 9.59 Å². The number of amides is 2. The summed E-state index contributed by atoms with van der Waals surface area (Å²) in [4.78, 5) is 26.9. The molecule has 21 heavy (non-hydrogen) atoms. The van der Waals surface area contributed by atoms with Gasteiger partial charge >= 0.3 is 0 Å². The van der Waals surface area contributed by atoms with E-state index < -0.39 is 11.6 Å². The highest BCUT2D eigenvalue weighted by atomic mass is 16.2. The predicted octanol–water partition coefficient (Wildman–Crippen LogP) is 1.03. The molecule has 0 saturated carbocycles. The summed E-state index contributed by atoms with van der Waals surface area (Å²) in [7, 11) is 0. The fourth-order valence-electron chi connectivity index (χ4n) is 2.69. The number of hydrogen-bond donors (Lipinski definition) is 1. The molecular formula is C15H24N4O2. The molecule has 0 radical (unpaired) electrons. The van der Waals surface area contributed by atoms with Gasteiger partial charge in [-0.2, -0.15) is 5.10 Å². The number of nitrogens with zero attached hydrogens (tertiary/aromatic N) is 3. The summed E-state index contributed by atoms with van der Waals surface area (Å²) >= 11 is 0. The number of hydrogen-bond acceptors (Lipinski definition) is 3. The van der Waals surface area contributed by atoms with E-state index in [1.165, 1.54) is 0 Å². The van der Waals surface area contributed by atoms with Crippen molar-refractivity contribution < 1.29 is 9.59 Å². The molecule has 0 bridgehead atoms. The third kappa shape index (κ3) is 2.80. The molecule has 2 amide bonds. The Balaban J connectivity index is 2.22. The van der Waals surface area contributed by atoms with Crippen molar-refractivity contribution in [3.8, 4) is 0 Å². The topological polar surface area (TPSA) is 67.2 Å². The number of nitrogens with one attached hydrogen (secondary N) is 1. The summed E-state index contributed by atoms with van der Waals surface area (Å²) in [5, 5.41) is 7.03. The first kappa shape index (κ1) is 15.5. The number of aromatic nitrogens is 2. The summed E-state index contributed by atoms with van der Waals surface area (Å²) in [6.45, 7) is 8.74. The minimum absolute atomic E-state index is 0.00102. The lowest BCUT2D eigenvalue weighted by atomic mass is 9.88. The van der Waals surface area contributed by atoms with Crippen LogP contribution in [0, 0.1) is 5.92 Å². The van der Waals surface area contributed by atoms with Crippen molar-refractivity contribution in [1.82, 2.24) is 20.0 Å². The zero-order chi connectivity index (χ0) is 15.6. The molecule has 0 aromatic carbocycles. The maximum atomic E-state index is 12.7. The SMILES string of the molecule is CCC1(C)C(=O)NC(C(C)C)C(=O)N1CCn1cccn1. The van der Waals surface area contributed by atoms with Gasteiger partial charge in [-0.25, -0.2) is 0 Å². The van der Waals surface area contributed by atoms with Crippen LogP contribution in [0.15, 0.2) is 18.5 Å². The predicted molar refractivity (Wildman–Crippen MR) is 79.4 cm³/mol. The summed E-state index contributed by atoms with van der Waals surface area (Å²) in [5.41, 5.74) is -0.782. The Morgan fingerprint density at radius 2 is 2.10 bits per heavy atom. The fourth-order valence-corrected chi connectivity index (χ4v) is 2.69. The van der Waals surface area contributed by atoms with Crippen LogP contribution in [-0.2, 0) is 16.1 Å². The Labute approximate surface area is 125 Å². The first-order chi connectivity index (χ1) is 9.90. The van der Waals surface area contributed by atoms with Crippen molar-refractivity contribution in [1.29, 1.82) is 0 Å². The first-order valence-corrected chi connectivity index (χ1v) is 7.50. The molecule has 2 unspecified atom stereocenters. The highest BCUT2D eigenvalue weighted by Crippen LogP contribution is 2.26. The van der Waals surface area contributed by atoms with Crippen LogP contribution in [-0.4, -0.2) is 44.6 Å². The Morgan fingerprint density at radius 3 is 2.62 bits per heavy atom. The Hall–Kier alpha value is -1.85. The van der Waals surface area contributed by atoms with E-state index in [1.54, 1.807) is 15.8 Å². The van der Waals surface area contributed by atoms with Crippen molar-refractivity contribution in [2.24, 2.45) is 5.92 Å². The smallest absolute Gasteiger partial charge is 0.246 e. The number of rotatable bonds is 5. The largest absolute Gasteiger partial charge is 0.342 e. The maximum Gasteiger partial charge on any atom is 0.246 e. The second kappa shape index (κ2) is 5.87. The molecule has 0 aliphatic carbocycles. The van der Waals surface area contributed by atoms with Crippen molar-refractivity contribution in [3.05, 3.63) is 18.5 Å². The third-order valence-electron chi connectivity index (χ3n) is 4.37. The minimum atomic E-state index is -0.782. The molecule has 6 nitrogen and oxygen atoms in total. The molecule has 1 aliphatic rings. The molecule has 1 aromatic rings. The maximum absolute atomic E-state index is 12.7. The van der Waals surface area contributed by atoms with Crippen LogP contribution >= 0.6 is 0 Å². The van der Waals surface area contributed by atoms with Gasteiger partial charge in [-0.15, -0.1) is 0 Å². The molecule has 1 aliphatic heterocycles. The van der Waals surface area contributed by atoms with E-state index in [1.807, 2.05) is 40.0 Å². The van der Waals surface area contributed by atoms with E-state index in [0.717, 1.165) is 0 Å². The van der Waals surface area contributed by atoms with Crippen molar-refractivity contribution in [3.63, 3.8) is 0 Å². The summed E-state index contributed by atoms with van der Waals surface area (Å²) < 4.78 is 1.78. The lowest BCUT2D eigenvalue weighted by Gasteiger charge is -2.46. The monoisotopic (exact) mass is 292 g/mol. The van der Waals surface area contributed by atoms with Crippen LogP contribution in [0.25, 0.3) is 0 Å². The van der Waals surface area contributed by atoms with Crippen molar-refractivity contribution >= 4 is 11.8 Å². The van der Waals surface area contributed by atoms with Gasteiger partial charge in [0.15, 0.2) is 0 Å². The molecule has 1 N–H and O–H groups in total. The number of piperazine rings is 1. The average molecular weight is 292 g/mol. The third-order valence-corrected chi connectivity index (χ3v) is 4.37. The van der Waals surface area contributed by atoms with E-state index in [4.69, 9.17) is 0 Å². The zero-order valence-corrected chi connectivity index (χ0v) is 13.2. The fraction of sp³-hybridized carbons (Fsp3) is 0.667.